The van der Waals surface area contributed by atoms with Gasteiger partial charge in [-0.05, 0) is 55.0 Å². The van der Waals surface area contributed by atoms with E-state index >= 15 is 0 Å². The normalized spacial score (nSPS) is 10.5. The summed E-state index contributed by atoms with van der Waals surface area (Å²) in [5.74, 6) is 0.522. The van der Waals surface area contributed by atoms with Crippen molar-refractivity contribution in [2.75, 3.05) is 20.3 Å². The highest BCUT2D eigenvalue weighted by molar-refractivity contribution is 5.95. The van der Waals surface area contributed by atoms with Crippen LogP contribution in [0.4, 0.5) is 11.4 Å². The molecule has 0 spiro atoms. The molecule has 3 rings (SSSR count). The second kappa shape index (κ2) is 13.2. The van der Waals surface area contributed by atoms with E-state index in [-0.39, 0.29) is 30.5 Å². The minimum atomic E-state index is -0.774. The van der Waals surface area contributed by atoms with Crippen molar-refractivity contribution in [3.8, 4) is 28.7 Å². The van der Waals surface area contributed by atoms with E-state index in [1.165, 1.54) is 25.5 Å². The molecule has 0 aliphatic carbocycles. The number of hydrazone groups is 1. The molecule has 0 unspecified atom stereocenters. The molecule has 0 aromatic heterocycles. The number of nitro benzene ring substituents is 2. The molecule has 1 amide bonds. The average Bonchev–Trinajstić information content (AvgIpc) is 2.93. The Balaban J connectivity index is 1.76. The topological polar surface area (TPSA) is 165 Å². The van der Waals surface area contributed by atoms with Crippen LogP contribution in [0.1, 0.15) is 22.8 Å². The van der Waals surface area contributed by atoms with Crippen LogP contribution in [0.3, 0.4) is 0 Å². The van der Waals surface area contributed by atoms with Crippen molar-refractivity contribution in [3.63, 3.8) is 0 Å². The number of nitro groups is 2. The smallest absolute Gasteiger partial charge is 0.318 e. The number of nitrogens with one attached hydrogen (secondary N) is 1. The van der Waals surface area contributed by atoms with Crippen LogP contribution >= 0.6 is 0 Å². The molecule has 0 heterocycles. The summed E-state index contributed by atoms with van der Waals surface area (Å²) in [6.45, 7) is 5.86. The Morgan fingerprint density at radius 1 is 0.949 bits per heavy atom. The quantitative estimate of drug-likeness (QED) is 0.136. The molecule has 0 saturated heterocycles. The van der Waals surface area contributed by atoms with E-state index in [2.05, 4.69) is 17.1 Å². The molecule has 202 valence electrons. The zero-order valence-electron chi connectivity index (χ0n) is 21.0. The van der Waals surface area contributed by atoms with Crippen molar-refractivity contribution >= 4 is 23.5 Å². The minimum absolute atomic E-state index is 0.140. The third-order valence-corrected chi connectivity index (χ3v) is 5.00. The Bertz CT molecular complexity index is 1420. The van der Waals surface area contributed by atoms with Crippen molar-refractivity contribution in [2.45, 2.75) is 6.92 Å². The first-order chi connectivity index (χ1) is 18.8. The van der Waals surface area contributed by atoms with Crippen molar-refractivity contribution in [3.05, 3.63) is 98.6 Å². The maximum absolute atomic E-state index is 12.5. The monoisotopic (exact) mass is 536 g/mol. The summed E-state index contributed by atoms with van der Waals surface area (Å²) < 4.78 is 22.0. The van der Waals surface area contributed by atoms with Gasteiger partial charge in [-0.2, -0.15) is 5.10 Å². The van der Waals surface area contributed by atoms with Crippen LogP contribution in [0.2, 0.25) is 0 Å². The van der Waals surface area contributed by atoms with E-state index in [0.29, 0.717) is 22.6 Å². The van der Waals surface area contributed by atoms with Gasteiger partial charge in [-0.3, -0.25) is 25.0 Å². The third kappa shape index (κ3) is 7.29. The van der Waals surface area contributed by atoms with Crippen molar-refractivity contribution in [1.82, 2.24) is 5.43 Å². The Labute approximate surface area is 222 Å². The van der Waals surface area contributed by atoms with Gasteiger partial charge in [0.2, 0.25) is 5.75 Å². The van der Waals surface area contributed by atoms with E-state index in [9.17, 15) is 25.0 Å². The van der Waals surface area contributed by atoms with Gasteiger partial charge in [0.1, 0.15) is 6.61 Å². The molecule has 0 radical (unpaired) electrons. The summed E-state index contributed by atoms with van der Waals surface area (Å²) in [6.07, 6.45) is 2.96. The highest BCUT2D eigenvalue weighted by Gasteiger charge is 2.22. The molecule has 0 saturated carbocycles. The first-order valence-electron chi connectivity index (χ1n) is 11.4. The number of carbonyl (C=O) groups is 1. The molecular formula is C26H24N4O9. The molecule has 0 fully saturated rings. The molecular weight excluding hydrogens is 512 g/mol. The first kappa shape index (κ1) is 28.1. The molecule has 0 aliphatic rings. The Morgan fingerprint density at radius 3 is 2.36 bits per heavy atom. The Morgan fingerprint density at radius 2 is 1.69 bits per heavy atom. The number of carbonyl (C=O) groups excluding carboxylic acids is 1. The molecule has 3 aromatic rings. The van der Waals surface area contributed by atoms with Crippen LogP contribution in [-0.2, 0) is 0 Å². The molecule has 13 heteroatoms. The molecule has 39 heavy (non-hydrogen) atoms. The SMILES string of the molecule is C=CCOc1ccc(C(=O)N/N=C/c2ccc(Oc3ccc([N+](=O)[O-])cc3[N+](=O)[O-])c(OCC)c2)cc1OC. The summed E-state index contributed by atoms with van der Waals surface area (Å²) in [7, 11) is 1.46. The van der Waals surface area contributed by atoms with E-state index in [1.807, 2.05) is 0 Å². The number of nitrogens with zero attached hydrogens (tertiary/aromatic N) is 3. The largest absolute Gasteiger partial charge is 0.493 e. The van der Waals surface area contributed by atoms with Gasteiger partial charge in [0.05, 0.1) is 35.8 Å². The van der Waals surface area contributed by atoms with Crippen LogP contribution < -0.4 is 24.4 Å². The van der Waals surface area contributed by atoms with Gasteiger partial charge in [0, 0.05) is 11.6 Å². The molecule has 13 nitrogen and oxygen atoms in total. The van der Waals surface area contributed by atoms with Gasteiger partial charge in [-0.1, -0.05) is 12.7 Å². The van der Waals surface area contributed by atoms with Crippen LogP contribution in [0.5, 0.6) is 28.7 Å². The van der Waals surface area contributed by atoms with Gasteiger partial charge < -0.3 is 18.9 Å². The van der Waals surface area contributed by atoms with Crippen LogP contribution in [0, 0.1) is 20.2 Å². The number of benzene rings is 3. The third-order valence-electron chi connectivity index (χ3n) is 5.00. The Hall–Kier alpha value is -5.46. The number of rotatable bonds is 13. The van der Waals surface area contributed by atoms with Gasteiger partial charge in [0.25, 0.3) is 11.6 Å². The number of ether oxygens (including phenoxy) is 4. The molecule has 0 aliphatic heterocycles. The fourth-order valence-electron chi connectivity index (χ4n) is 3.23. The molecule has 0 atom stereocenters. The number of non-ortho nitro benzene ring substituents is 1. The lowest BCUT2D eigenvalue weighted by molar-refractivity contribution is -0.394. The summed E-state index contributed by atoms with van der Waals surface area (Å²) in [5.41, 5.74) is 2.22. The van der Waals surface area contributed by atoms with Crippen LogP contribution in [-0.4, -0.2) is 42.3 Å². The van der Waals surface area contributed by atoms with E-state index in [4.69, 9.17) is 18.9 Å². The predicted octanol–water partition coefficient (Wildman–Crippen LogP) is 5.03. The van der Waals surface area contributed by atoms with Gasteiger partial charge >= 0.3 is 5.69 Å². The van der Waals surface area contributed by atoms with E-state index in [1.54, 1.807) is 37.3 Å². The fourth-order valence-corrected chi connectivity index (χ4v) is 3.23. The maximum Gasteiger partial charge on any atom is 0.318 e. The summed E-state index contributed by atoms with van der Waals surface area (Å²) >= 11 is 0. The van der Waals surface area contributed by atoms with E-state index < -0.39 is 27.1 Å². The molecule has 3 aromatic carbocycles. The van der Waals surface area contributed by atoms with Crippen LogP contribution in [0.25, 0.3) is 0 Å². The van der Waals surface area contributed by atoms with Crippen molar-refractivity contribution < 1.29 is 33.6 Å². The molecule has 0 bridgehead atoms. The second-order valence-electron chi connectivity index (χ2n) is 7.57. The highest BCUT2D eigenvalue weighted by atomic mass is 16.6. The standard InChI is InChI=1S/C26H24N4O9/c1-4-12-38-22-10-7-18(14-24(22)36-3)26(31)28-27-16-17-6-9-23(25(13-17)37-5-2)39-21-11-8-19(29(32)33)15-20(21)30(34)35/h4,6-11,13-16H,1,5,12H2,2-3H3,(H,28,31)/b27-16+. The maximum atomic E-state index is 12.5. The number of amides is 1. The zero-order chi connectivity index (χ0) is 28.4. The first-order valence-corrected chi connectivity index (χ1v) is 11.4. The van der Waals surface area contributed by atoms with Gasteiger partial charge in [-0.25, -0.2) is 5.43 Å². The summed E-state index contributed by atoms with van der Waals surface area (Å²) in [6, 6.07) is 12.4. The van der Waals surface area contributed by atoms with Gasteiger partial charge in [0.15, 0.2) is 23.0 Å². The highest BCUT2D eigenvalue weighted by Crippen LogP contribution is 2.38. The lowest BCUT2D eigenvalue weighted by Gasteiger charge is -2.12. The lowest BCUT2D eigenvalue weighted by Crippen LogP contribution is -2.17. The number of methoxy groups -OCH3 is 1. The number of hydrogen-bond acceptors (Lipinski definition) is 10. The second-order valence-corrected chi connectivity index (χ2v) is 7.57. The van der Waals surface area contributed by atoms with Gasteiger partial charge in [-0.15, -0.1) is 0 Å². The van der Waals surface area contributed by atoms with Crippen LogP contribution in [0.15, 0.2) is 72.4 Å². The van der Waals surface area contributed by atoms with E-state index in [0.717, 1.165) is 18.2 Å². The summed E-state index contributed by atoms with van der Waals surface area (Å²) in [5, 5.41) is 26.4. The summed E-state index contributed by atoms with van der Waals surface area (Å²) in [4.78, 5) is 33.4. The van der Waals surface area contributed by atoms with Crippen molar-refractivity contribution in [1.29, 1.82) is 0 Å². The average molecular weight is 536 g/mol. The Kier molecular flexibility index (Phi) is 9.51. The minimum Gasteiger partial charge on any atom is -0.493 e. The zero-order valence-corrected chi connectivity index (χ0v) is 21.0. The number of hydrogen-bond donors (Lipinski definition) is 1. The predicted molar refractivity (Wildman–Crippen MR) is 141 cm³/mol. The fraction of sp³-hybridized carbons (Fsp3) is 0.154. The lowest BCUT2D eigenvalue weighted by atomic mass is 10.2. The van der Waals surface area contributed by atoms with Crippen molar-refractivity contribution in [2.24, 2.45) is 5.10 Å². The molecule has 1 N–H and O–H groups in total.